The number of nitrogens with one attached hydrogen (secondary N) is 1. The lowest BCUT2D eigenvalue weighted by atomic mass is 10.0. The van der Waals surface area contributed by atoms with Crippen LogP contribution >= 0.6 is 11.8 Å². The number of aryl methyl sites for hydroxylation is 1. The number of nitrogens with two attached hydrogens (primary N) is 1. The van der Waals surface area contributed by atoms with Gasteiger partial charge in [0.1, 0.15) is 5.82 Å². The zero-order chi connectivity index (χ0) is 12.9. The molecule has 0 unspecified atom stereocenters. The highest BCUT2D eigenvalue weighted by atomic mass is 32.2. The molecule has 0 atom stereocenters. The van der Waals surface area contributed by atoms with E-state index in [2.05, 4.69) is 30.4 Å². The van der Waals surface area contributed by atoms with E-state index in [1.165, 1.54) is 0 Å². The van der Waals surface area contributed by atoms with Gasteiger partial charge < -0.3 is 11.1 Å². The number of hydrogen-bond donors (Lipinski definition) is 2. The SMILES string of the molecule is CCC(CC)(CNc1cc(C)c(N)cn1)SC. The predicted molar refractivity (Wildman–Crippen MR) is 78.7 cm³/mol. The summed E-state index contributed by atoms with van der Waals surface area (Å²) in [7, 11) is 0. The third kappa shape index (κ3) is 3.53. The number of thioether (sulfide) groups is 1. The average Bonchev–Trinajstić information content (AvgIpc) is 2.36. The van der Waals surface area contributed by atoms with Crippen molar-refractivity contribution in [1.29, 1.82) is 0 Å². The molecule has 96 valence electrons. The maximum Gasteiger partial charge on any atom is 0.126 e. The lowest BCUT2D eigenvalue weighted by Gasteiger charge is -2.30. The molecule has 0 saturated carbocycles. The van der Waals surface area contributed by atoms with Gasteiger partial charge in [0.05, 0.1) is 11.9 Å². The standard InChI is InChI=1S/C13H23N3S/c1-5-13(6-2,17-4)9-16-12-7-10(3)11(14)8-15-12/h7-8H,5-6,9,14H2,1-4H3,(H,15,16). The summed E-state index contributed by atoms with van der Waals surface area (Å²) >= 11 is 1.93. The molecule has 17 heavy (non-hydrogen) atoms. The van der Waals surface area contributed by atoms with Gasteiger partial charge >= 0.3 is 0 Å². The van der Waals surface area contributed by atoms with E-state index >= 15 is 0 Å². The Morgan fingerprint density at radius 2 is 2.06 bits per heavy atom. The van der Waals surface area contributed by atoms with Gasteiger partial charge in [-0.05, 0) is 37.7 Å². The molecule has 0 aliphatic rings. The fraction of sp³-hybridized carbons (Fsp3) is 0.615. The molecule has 0 saturated heterocycles. The number of nitrogen functional groups attached to an aromatic ring is 1. The number of hydrogen-bond acceptors (Lipinski definition) is 4. The van der Waals surface area contributed by atoms with Crippen LogP contribution in [0.1, 0.15) is 32.3 Å². The molecular formula is C13H23N3S. The first-order chi connectivity index (χ1) is 8.06. The molecule has 0 amide bonds. The van der Waals surface area contributed by atoms with Crippen LogP contribution < -0.4 is 11.1 Å². The molecule has 0 radical (unpaired) electrons. The summed E-state index contributed by atoms with van der Waals surface area (Å²) in [4.78, 5) is 4.30. The minimum atomic E-state index is 0.303. The second-order valence-corrected chi connectivity index (χ2v) is 5.65. The summed E-state index contributed by atoms with van der Waals surface area (Å²) in [5.74, 6) is 0.914. The molecule has 0 spiro atoms. The zero-order valence-electron chi connectivity index (χ0n) is 11.2. The molecule has 0 bridgehead atoms. The molecule has 1 aromatic heterocycles. The summed E-state index contributed by atoms with van der Waals surface area (Å²) in [6, 6.07) is 2.01. The van der Waals surface area contributed by atoms with E-state index in [-0.39, 0.29) is 0 Å². The second kappa shape index (κ2) is 6.15. The van der Waals surface area contributed by atoms with Crippen molar-refractivity contribution in [3.8, 4) is 0 Å². The van der Waals surface area contributed by atoms with E-state index in [0.717, 1.165) is 36.5 Å². The Morgan fingerprint density at radius 1 is 1.41 bits per heavy atom. The maximum absolute atomic E-state index is 5.75. The van der Waals surface area contributed by atoms with E-state index in [1.807, 2.05) is 24.8 Å². The van der Waals surface area contributed by atoms with Crippen LogP contribution in [0.4, 0.5) is 11.5 Å². The van der Waals surface area contributed by atoms with Crippen LogP contribution in [0.25, 0.3) is 0 Å². The predicted octanol–water partition coefficient (Wildman–Crippen LogP) is 3.31. The van der Waals surface area contributed by atoms with Gasteiger partial charge in [0.2, 0.25) is 0 Å². The third-order valence-electron chi connectivity index (χ3n) is 3.46. The average molecular weight is 253 g/mol. The number of anilines is 2. The smallest absolute Gasteiger partial charge is 0.126 e. The van der Waals surface area contributed by atoms with Crippen LogP contribution in [0.2, 0.25) is 0 Å². The Balaban J connectivity index is 2.68. The van der Waals surface area contributed by atoms with Gasteiger partial charge in [-0.2, -0.15) is 11.8 Å². The Morgan fingerprint density at radius 3 is 2.53 bits per heavy atom. The number of aromatic nitrogens is 1. The molecule has 0 aliphatic heterocycles. The lowest BCUT2D eigenvalue weighted by Crippen LogP contribution is -2.32. The van der Waals surface area contributed by atoms with Crippen molar-refractivity contribution in [1.82, 2.24) is 4.98 Å². The van der Waals surface area contributed by atoms with Gasteiger partial charge in [0.15, 0.2) is 0 Å². The normalized spacial score (nSPS) is 11.5. The van der Waals surface area contributed by atoms with Crippen LogP contribution in [-0.4, -0.2) is 22.5 Å². The highest BCUT2D eigenvalue weighted by Crippen LogP contribution is 2.30. The molecule has 3 nitrogen and oxygen atoms in total. The van der Waals surface area contributed by atoms with Crippen LogP contribution in [0, 0.1) is 6.92 Å². The first-order valence-electron chi connectivity index (χ1n) is 6.08. The number of nitrogens with zero attached hydrogens (tertiary/aromatic N) is 1. The molecule has 0 aromatic carbocycles. The zero-order valence-corrected chi connectivity index (χ0v) is 12.0. The van der Waals surface area contributed by atoms with Gasteiger partial charge in [0, 0.05) is 11.3 Å². The van der Waals surface area contributed by atoms with Crippen molar-refractivity contribution in [2.24, 2.45) is 0 Å². The minimum absolute atomic E-state index is 0.303. The molecule has 1 heterocycles. The van der Waals surface area contributed by atoms with Gasteiger partial charge in [-0.15, -0.1) is 0 Å². The molecular weight excluding hydrogens is 230 g/mol. The van der Waals surface area contributed by atoms with Crippen molar-refractivity contribution >= 4 is 23.3 Å². The first kappa shape index (κ1) is 14.2. The van der Waals surface area contributed by atoms with E-state index in [0.29, 0.717) is 4.75 Å². The lowest BCUT2D eigenvalue weighted by molar-refractivity contribution is 0.574. The Kier molecular flexibility index (Phi) is 5.12. The van der Waals surface area contributed by atoms with Crippen LogP contribution in [-0.2, 0) is 0 Å². The fourth-order valence-corrected chi connectivity index (χ4v) is 2.57. The van der Waals surface area contributed by atoms with Crippen molar-refractivity contribution in [2.45, 2.75) is 38.4 Å². The number of pyridine rings is 1. The van der Waals surface area contributed by atoms with Crippen LogP contribution in [0.3, 0.4) is 0 Å². The summed E-state index contributed by atoms with van der Waals surface area (Å²) < 4.78 is 0.303. The molecule has 4 heteroatoms. The van der Waals surface area contributed by atoms with Crippen molar-refractivity contribution in [3.05, 3.63) is 17.8 Å². The van der Waals surface area contributed by atoms with Crippen molar-refractivity contribution in [3.63, 3.8) is 0 Å². The van der Waals surface area contributed by atoms with Crippen molar-refractivity contribution < 1.29 is 0 Å². The monoisotopic (exact) mass is 253 g/mol. The van der Waals surface area contributed by atoms with Gasteiger partial charge in [-0.25, -0.2) is 4.98 Å². The minimum Gasteiger partial charge on any atom is -0.397 e. The van der Waals surface area contributed by atoms with Gasteiger partial charge in [-0.1, -0.05) is 13.8 Å². The summed E-state index contributed by atoms with van der Waals surface area (Å²) in [5.41, 5.74) is 7.58. The van der Waals surface area contributed by atoms with E-state index in [4.69, 9.17) is 5.73 Å². The molecule has 0 aliphatic carbocycles. The Hall–Kier alpha value is -0.900. The topological polar surface area (TPSA) is 50.9 Å². The van der Waals surface area contributed by atoms with Gasteiger partial charge in [0.25, 0.3) is 0 Å². The molecule has 1 aromatic rings. The Labute approximate surface area is 109 Å². The first-order valence-corrected chi connectivity index (χ1v) is 7.30. The molecule has 0 fully saturated rings. The third-order valence-corrected chi connectivity index (χ3v) is 5.05. The number of rotatable bonds is 6. The van der Waals surface area contributed by atoms with Crippen molar-refractivity contribution in [2.75, 3.05) is 23.9 Å². The largest absolute Gasteiger partial charge is 0.397 e. The second-order valence-electron chi connectivity index (χ2n) is 4.37. The summed E-state index contributed by atoms with van der Waals surface area (Å²) in [6.07, 6.45) is 6.21. The highest BCUT2D eigenvalue weighted by Gasteiger charge is 2.24. The molecule has 3 N–H and O–H groups in total. The fourth-order valence-electron chi connectivity index (χ4n) is 1.78. The highest BCUT2D eigenvalue weighted by molar-refractivity contribution is 8.00. The van der Waals surface area contributed by atoms with Gasteiger partial charge in [-0.3, -0.25) is 0 Å². The van der Waals surface area contributed by atoms with Crippen LogP contribution in [0.15, 0.2) is 12.3 Å². The van der Waals surface area contributed by atoms with E-state index in [1.54, 1.807) is 6.20 Å². The summed E-state index contributed by atoms with van der Waals surface area (Å²) in [6.45, 7) is 7.42. The Bertz CT molecular complexity index is 353. The quantitative estimate of drug-likeness (QED) is 0.816. The van der Waals surface area contributed by atoms with Crippen LogP contribution in [0.5, 0.6) is 0 Å². The maximum atomic E-state index is 5.75. The van der Waals surface area contributed by atoms with E-state index < -0.39 is 0 Å². The summed E-state index contributed by atoms with van der Waals surface area (Å²) in [5, 5.41) is 3.42. The molecule has 1 rings (SSSR count). The van der Waals surface area contributed by atoms with E-state index in [9.17, 15) is 0 Å².